The highest BCUT2D eigenvalue weighted by Crippen LogP contribution is 2.32. The van der Waals surface area contributed by atoms with Crippen molar-refractivity contribution < 1.29 is 145 Å². The van der Waals surface area contributed by atoms with E-state index in [2.05, 4.69) is 35.6 Å². The second-order valence-electron chi connectivity index (χ2n) is 22.7. The molecule has 6 atom stereocenters. The van der Waals surface area contributed by atoms with Crippen molar-refractivity contribution in [2.45, 2.75) is 167 Å². The molecule has 0 aromatic heterocycles. The fraction of sp³-hybridized carbons (Fsp3) is 0.395. The van der Waals surface area contributed by atoms with Crippen LogP contribution in [0.3, 0.4) is 0 Å². The quantitative estimate of drug-likeness (QED) is 0.0106. The van der Waals surface area contributed by atoms with Crippen molar-refractivity contribution in [3.8, 4) is 0 Å². The largest absolute Gasteiger partial charge is 0.508 e. The Morgan fingerprint density at radius 3 is 0.797 bits per heavy atom. The number of alkyl carbamates (subject to hydrolysis) is 1. The van der Waals surface area contributed by atoms with Crippen molar-refractivity contribution in [3.63, 3.8) is 0 Å². The van der Waals surface area contributed by atoms with Gasteiger partial charge in [-0.15, -0.1) is 0 Å². The molecule has 0 spiro atoms. The number of esters is 6. The predicted molar refractivity (Wildman–Crippen MR) is 437 cm³/mol. The fourth-order valence-electron chi connectivity index (χ4n) is 8.32. The molecule has 0 fully saturated rings. The predicted octanol–water partition coefficient (Wildman–Crippen LogP) is 13.4. The number of urea groups is 1. The van der Waals surface area contributed by atoms with Crippen LogP contribution < -0.4 is 31.4 Å². The van der Waals surface area contributed by atoms with Gasteiger partial charge in [-0.2, -0.15) is 0 Å². The summed E-state index contributed by atoms with van der Waals surface area (Å²) in [6, 6.07) is 50.7. The van der Waals surface area contributed by atoms with E-state index >= 15 is 0 Å². The average molecular weight is 1690 g/mol. The van der Waals surface area contributed by atoms with E-state index in [1.807, 2.05) is 187 Å². The fourth-order valence-corrected chi connectivity index (χ4v) is 10.1. The minimum Gasteiger partial charge on any atom is -0.465 e. The molecular formula is C81H117N6O30P. The summed E-state index contributed by atoms with van der Waals surface area (Å²) in [5, 5.41) is 59.1. The highest BCUT2D eigenvalue weighted by Gasteiger charge is 2.29. The summed E-state index contributed by atoms with van der Waals surface area (Å²) < 4.78 is 60.6. The van der Waals surface area contributed by atoms with Gasteiger partial charge in [-0.3, -0.25) is 14.2 Å². The number of carbonyl (C=O) groups is 13. The molecule has 4 amide bonds. The van der Waals surface area contributed by atoms with Crippen LogP contribution in [-0.2, 0) is 120 Å². The Kier molecular flexibility index (Phi) is 67.2. The Morgan fingerprint density at radius 2 is 0.542 bits per heavy atom. The van der Waals surface area contributed by atoms with Crippen LogP contribution in [0.15, 0.2) is 182 Å². The summed E-state index contributed by atoms with van der Waals surface area (Å²) in [6.07, 6.45) is -6.88. The molecular weight excluding hydrogens is 1570 g/mol. The van der Waals surface area contributed by atoms with Crippen molar-refractivity contribution in [1.82, 2.24) is 31.4 Å². The molecule has 0 bridgehead atoms. The van der Waals surface area contributed by atoms with Gasteiger partial charge in [0.2, 0.25) is 7.44 Å². The van der Waals surface area contributed by atoms with Crippen LogP contribution in [0.25, 0.3) is 0 Å². The zero-order chi connectivity index (χ0) is 86.9. The molecule has 0 aliphatic heterocycles. The monoisotopic (exact) mass is 1680 g/mol. The molecule has 0 saturated carbocycles. The molecule has 0 radical (unpaired) electrons. The second-order valence-corrected chi connectivity index (χ2v) is 25.1. The van der Waals surface area contributed by atoms with Crippen LogP contribution in [0.5, 0.6) is 0 Å². The molecule has 118 heavy (non-hydrogen) atoms. The first-order valence-electron chi connectivity index (χ1n) is 35.4. The molecule has 36 nitrogen and oxygen atoms in total. The third-order valence-electron chi connectivity index (χ3n) is 13.3. The lowest BCUT2D eigenvalue weighted by atomic mass is 10.1. The van der Waals surface area contributed by atoms with E-state index in [0.717, 1.165) is 33.4 Å². The standard InChI is InChI=1S/C23H28N2O5.C15H14O3.C13H17NO4.C11H23N2O5P.C8H8O3.C6H11NO4.2CH2O3.3CH4/c1-3-29-21(26)19(15-17-11-7-5-8-12-17)24-23(28)25-20(22(27)30-4-2)16-18-13-9-6-10-14-18;16-15(17-11-13-7-3-1-4-8-13)18-12-14-9-5-2-6-10-14;1-3-17-12(15)10(2)14-13(16)18-9-11-7-5-4-6-8-11;1-6-17-10(14)8(3)12-19(5,16)13-9(4)11(15)18-7-2;9-8(10)11-6-7-4-2-1-3-5-7;1-3-11-5(8)4(2)7-6(9)10;2*2-1(3)4;;;/h5-14,19-20H,3-4,15-16H2,1-2H3,(H2,24,25,28);1-10H,11-12H2;4-8,10H,3,9H2,1-2H3,(H,14,16);8-9H,6-7H2,1-5H3,(H2,12,13,16);1-5H,6H2,(H,9,10);4,7H,3H2,1-2H3,(H,9,10);2*(H2,2,3,4);3*1H4. The smallest absolute Gasteiger partial charge is 0.465 e. The van der Waals surface area contributed by atoms with Crippen molar-refractivity contribution in [3.05, 3.63) is 215 Å². The van der Waals surface area contributed by atoms with Gasteiger partial charge in [0.25, 0.3) is 0 Å². The molecule has 6 aromatic carbocycles. The Labute approximate surface area is 688 Å². The van der Waals surface area contributed by atoms with Gasteiger partial charge < -0.3 is 99.3 Å². The summed E-state index contributed by atoms with van der Waals surface area (Å²) in [5.74, 6) is -3.09. The molecule has 0 heterocycles. The summed E-state index contributed by atoms with van der Waals surface area (Å²) in [4.78, 5) is 142. The Balaban J connectivity index is -0.000000434. The number of ether oxygens (including phenoxy) is 10. The van der Waals surface area contributed by atoms with Crippen LogP contribution in [-0.4, -0.2) is 192 Å². The zero-order valence-corrected chi connectivity index (χ0v) is 66.6. The molecule has 0 saturated heterocycles. The maximum Gasteiger partial charge on any atom is 0.508 e. The lowest BCUT2D eigenvalue weighted by molar-refractivity contribution is -0.146. The summed E-state index contributed by atoms with van der Waals surface area (Å²) in [6.45, 7) is 19.8. The van der Waals surface area contributed by atoms with E-state index in [1.165, 1.54) is 13.6 Å². The minimum atomic E-state index is -3.06. The molecule has 6 unspecified atom stereocenters. The van der Waals surface area contributed by atoms with Gasteiger partial charge in [-0.25, -0.2) is 62.9 Å². The molecule has 656 valence electrons. The van der Waals surface area contributed by atoms with Gasteiger partial charge in [0.15, 0.2) is 0 Å². The van der Waals surface area contributed by atoms with E-state index in [0.29, 0.717) is 0 Å². The number of nitrogens with one attached hydrogen (secondary N) is 6. The number of hydrogen-bond acceptors (Lipinski definition) is 24. The maximum absolute atomic E-state index is 12.6. The van der Waals surface area contributed by atoms with Crippen LogP contribution in [0.1, 0.15) is 125 Å². The van der Waals surface area contributed by atoms with E-state index in [1.54, 1.807) is 62.3 Å². The number of amides is 4. The zero-order valence-electron chi connectivity index (χ0n) is 65.7. The van der Waals surface area contributed by atoms with Gasteiger partial charge in [-0.1, -0.05) is 204 Å². The number of benzene rings is 6. The number of rotatable bonds is 32. The highest BCUT2D eigenvalue weighted by atomic mass is 31.2. The Morgan fingerprint density at radius 1 is 0.314 bits per heavy atom. The molecule has 6 aromatic rings. The minimum absolute atomic E-state index is 0. The SMILES string of the molecule is C.C.C.CCOC(=O)C(C)NC(=O)O.CCOC(=O)C(C)NC(=O)OCc1ccccc1.CCOC(=O)C(C)NP(C)(=O)NC(C)C(=O)OCC.CCOC(=O)C(Cc1ccccc1)NC(=O)NC(Cc1ccccc1)C(=O)OCC.O=C(O)O.O=C(O)O.O=C(O)OCc1ccccc1.O=C(OCc1ccccc1)OCc1ccccc1. The van der Waals surface area contributed by atoms with Crippen LogP contribution in [0.4, 0.5) is 33.6 Å². The molecule has 37 heteroatoms. The summed E-state index contributed by atoms with van der Waals surface area (Å²) in [7, 11) is -3.06. The number of hydrogen-bond donors (Lipinski definition) is 12. The van der Waals surface area contributed by atoms with E-state index in [-0.39, 0.29) is 101 Å². The first-order chi connectivity index (χ1) is 54.6. The third kappa shape index (κ3) is 62.6. The normalized spacial score (nSPS) is 11.5. The molecule has 6 rings (SSSR count). The first-order valence-corrected chi connectivity index (χ1v) is 37.6. The van der Waals surface area contributed by atoms with Crippen molar-refractivity contribution >= 4 is 86.1 Å². The van der Waals surface area contributed by atoms with Gasteiger partial charge in [0, 0.05) is 19.5 Å². The topological polar surface area (TPSA) is 525 Å². The molecule has 0 aliphatic rings. The molecule has 0 aliphatic carbocycles. The van der Waals surface area contributed by atoms with Crippen LogP contribution >= 0.6 is 7.44 Å². The molecule has 12 N–H and O–H groups in total. The lowest BCUT2D eigenvalue weighted by Gasteiger charge is -2.23. The number of carboxylic acid groups (broad SMARTS) is 6. The Bertz CT molecular complexity index is 3660. The Hall–Kier alpha value is -12.8. The average Bonchev–Trinajstić information content (AvgIpc) is 0.894. The maximum atomic E-state index is 12.6. The highest BCUT2D eigenvalue weighted by molar-refractivity contribution is 7.59. The van der Waals surface area contributed by atoms with E-state index in [4.69, 9.17) is 78.1 Å². The van der Waals surface area contributed by atoms with Crippen molar-refractivity contribution in [1.29, 1.82) is 0 Å². The van der Waals surface area contributed by atoms with Gasteiger partial charge >= 0.3 is 78.7 Å². The first kappa shape index (κ1) is 114. The van der Waals surface area contributed by atoms with Gasteiger partial charge in [-0.05, 0) is 103 Å². The van der Waals surface area contributed by atoms with Crippen LogP contribution in [0, 0.1) is 0 Å². The van der Waals surface area contributed by atoms with Crippen LogP contribution in [0.2, 0.25) is 0 Å². The van der Waals surface area contributed by atoms with Crippen molar-refractivity contribution in [2.24, 2.45) is 0 Å². The summed E-state index contributed by atoms with van der Waals surface area (Å²) in [5.41, 5.74) is 5.37. The third-order valence-corrected chi connectivity index (χ3v) is 15.0. The lowest BCUT2D eigenvalue weighted by Crippen LogP contribution is -2.53. The number of carbonyl (C=O) groups excluding carboxylic acids is 9. The van der Waals surface area contributed by atoms with Gasteiger partial charge in [0.05, 0.1) is 39.6 Å². The van der Waals surface area contributed by atoms with Gasteiger partial charge in [0.1, 0.15) is 62.7 Å². The summed E-state index contributed by atoms with van der Waals surface area (Å²) >= 11 is 0. The van der Waals surface area contributed by atoms with E-state index in [9.17, 15) is 57.3 Å². The van der Waals surface area contributed by atoms with E-state index < -0.39 is 122 Å². The van der Waals surface area contributed by atoms with Crippen molar-refractivity contribution in [2.75, 3.05) is 46.3 Å². The second kappa shape index (κ2) is 69.7.